The molecule has 178 valence electrons. The number of carbonyl (C=O) groups is 3. The van der Waals surface area contributed by atoms with Crippen molar-refractivity contribution in [2.75, 3.05) is 25.0 Å². The highest BCUT2D eigenvalue weighted by atomic mass is 16.2. The number of nitrogens with two attached hydrogens (primary N) is 1. The van der Waals surface area contributed by atoms with Gasteiger partial charge in [-0.1, -0.05) is 25.1 Å². The molecule has 0 saturated carbocycles. The molecule has 0 bridgehead atoms. The van der Waals surface area contributed by atoms with Crippen LogP contribution in [-0.2, 0) is 4.79 Å². The molecule has 2 aromatic carbocycles. The van der Waals surface area contributed by atoms with E-state index in [2.05, 4.69) is 16.7 Å². The summed E-state index contributed by atoms with van der Waals surface area (Å²) in [5.41, 5.74) is 8.97. The summed E-state index contributed by atoms with van der Waals surface area (Å²) in [5, 5.41) is 14.5. The second kappa shape index (κ2) is 11.3. The molecule has 2 aromatic rings. The van der Waals surface area contributed by atoms with Crippen molar-refractivity contribution in [1.82, 2.24) is 10.2 Å². The van der Waals surface area contributed by atoms with Crippen LogP contribution in [0.25, 0.3) is 0 Å². The predicted molar refractivity (Wildman–Crippen MR) is 130 cm³/mol. The van der Waals surface area contributed by atoms with E-state index in [9.17, 15) is 14.4 Å². The summed E-state index contributed by atoms with van der Waals surface area (Å²) >= 11 is 0. The molecular weight excluding hydrogens is 430 g/mol. The number of nitrogens with zero attached hydrogens (tertiary/aromatic N) is 2. The Hall–Kier alpha value is -3.86. The highest BCUT2D eigenvalue weighted by Crippen LogP contribution is 2.29. The van der Waals surface area contributed by atoms with Crippen LogP contribution in [0.1, 0.15) is 59.2 Å². The number of amides is 4. The van der Waals surface area contributed by atoms with Crippen LogP contribution < -0.4 is 16.4 Å². The van der Waals surface area contributed by atoms with E-state index in [-0.39, 0.29) is 18.2 Å². The number of likely N-dealkylation sites (tertiary alicyclic amines) is 1. The van der Waals surface area contributed by atoms with Crippen molar-refractivity contribution < 1.29 is 14.4 Å². The van der Waals surface area contributed by atoms with E-state index < -0.39 is 11.9 Å². The van der Waals surface area contributed by atoms with Gasteiger partial charge in [0.05, 0.1) is 11.6 Å². The molecule has 0 spiro atoms. The Morgan fingerprint density at radius 2 is 1.82 bits per heavy atom. The van der Waals surface area contributed by atoms with Crippen molar-refractivity contribution >= 4 is 23.5 Å². The van der Waals surface area contributed by atoms with Crippen LogP contribution in [0.5, 0.6) is 0 Å². The van der Waals surface area contributed by atoms with Gasteiger partial charge in [-0.05, 0) is 67.0 Å². The van der Waals surface area contributed by atoms with E-state index >= 15 is 0 Å². The van der Waals surface area contributed by atoms with E-state index in [1.807, 2.05) is 49.1 Å². The first-order valence-electron chi connectivity index (χ1n) is 11.5. The zero-order valence-electron chi connectivity index (χ0n) is 19.6. The number of urea groups is 1. The van der Waals surface area contributed by atoms with Crippen molar-refractivity contribution in [3.05, 3.63) is 64.7 Å². The summed E-state index contributed by atoms with van der Waals surface area (Å²) < 4.78 is 0. The monoisotopic (exact) mass is 461 g/mol. The minimum atomic E-state index is -0.405. The lowest BCUT2D eigenvalue weighted by Gasteiger charge is -2.32. The molecule has 1 saturated heterocycles. The van der Waals surface area contributed by atoms with Crippen LogP contribution in [0.3, 0.4) is 0 Å². The zero-order valence-corrected chi connectivity index (χ0v) is 19.6. The molecule has 1 aliphatic heterocycles. The zero-order chi connectivity index (χ0) is 24.7. The molecule has 34 heavy (non-hydrogen) atoms. The highest BCUT2D eigenvalue weighted by molar-refractivity contribution is 5.97. The fourth-order valence-corrected chi connectivity index (χ4v) is 4.17. The number of nitrogens with one attached hydrogen (secondary N) is 2. The lowest BCUT2D eigenvalue weighted by Crippen LogP contribution is -2.38. The van der Waals surface area contributed by atoms with E-state index in [0.29, 0.717) is 42.4 Å². The first kappa shape index (κ1) is 24.8. The van der Waals surface area contributed by atoms with Crippen molar-refractivity contribution in [3.8, 4) is 6.07 Å². The van der Waals surface area contributed by atoms with Crippen molar-refractivity contribution in [1.29, 1.82) is 5.26 Å². The average molecular weight is 462 g/mol. The maximum Gasteiger partial charge on any atom is 0.319 e. The molecule has 4 amide bonds. The SMILES string of the molecule is Cc1ccc(C(=O)N2CCC(c3ccc(C#N)cc3)CC2)cc1NC(=O)NCC(C)CC(N)=O. The van der Waals surface area contributed by atoms with Gasteiger partial charge in [0.1, 0.15) is 0 Å². The summed E-state index contributed by atoms with van der Waals surface area (Å²) in [5.74, 6) is -0.160. The minimum Gasteiger partial charge on any atom is -0.370 e. The van der Waals surface area contributed by atoms with Gasteiger partial charge in [0, 0.05) is 37.3 Å². The summed E-state index contributed by atoms with van der Waals surface area (Å²) in [6, 6.07) is 14.7. The fraction of sp³-hybridized carbons (Fsp3) is 0.385. The summed E-state index contributed by atoms with van der Waals surface area (Å²) in [4.78, 5) is 38.2. The van der Waals surface area contributed by atoms with Crippen molar-refractivity contribution in [2.45, 2.75) is 39.0 Å². The van der Waals surface area contributed by atoms with Crippen LogP contribution >= 0.6 is 0 Å². The number of carbonyl (C=O) groups excluding carboxylic acids is 3. The second-order valence-corrected chi connectivity index (χ2v) is 8.94. The maximum absolute atomic E-state index is 13.1. The lowest BCUT2D eigenvalue weighted by atomic mass is 9.89. The fourth-order valence-electron chi connectivity index (χ4n) is 4.17. The molecule has 1 unspecified atom stereocenters. The Morgan fingerprint density at radius 3 is 2.44 bits per heavy atom. The van der Waals surface area contributed by atoms with E-state index in [0.717, 1.165) is 18.4 Å². The third kappa shape index (κ3) is 6.58. The van der Waals surface area contributed by atoms with Crippen LogP contribution in [-0.4, -0.2) is 42.4 Å². The lowest BCUT2D eigenvalue weighted by molar-refractivity contribution is -0.118. The van der Waals surface area contributed by atoms with Gasteiger partial charge in [-0.2, -0.15) is 5.26 Å². The van der Waals surface area contributed by atoms with Crippen LogP contribution in [0.15, 0.2) is 42.5 Å². The van der Waals surface area contributed by atoms with Gasteiger partial charge in [-0.25, -0.2) is 4.79 Å². The van der Waals surface area contributed by atoms with E-state index in [1.165, 1.54) is 5.56 Å². The molecule has 1 fully saturated rings. The summed E-state index contributed by atoms with van der Waals surface area (Å²) in [6.45, 7) is 5.32. The third-order valence-electron chi connectivity index (χ3n) is 6.19. The summed E-state index contributed by atoms with van der Waals surface area (Å²) in [6.07, 6.45) is 1.92. The van der Waals surface area contributed by atoms with Crippen LogP contribution in [0.2, 0.25) is 0 Å². The third-order valence-corrected chi connectivity index (χ3v) is 6.19. The Labute approximate surface area is 200 Å². The van der Waals surface area contributed by atoms with E-state index in [4.69, 9.17) is 11.0 Å². The molecule has 8 heteroatoms. The number of benzene rings is 2. The molecule has 3 rings (SSSR count). The van der Waals surface area contributed by atoms with Gasteiger partial charge >= 0.3 is 6.03 Å². The van der Waals surface area contributed by atoms with Gasteiger partial charge in [0.2, 0.25) is 5.91 Å². The number of rotatable bonds is 7. The summed E-state index contributed by atoms with van der Waals surface area (Å²) in [7, 11) is 0. The number of anilines is 1. The minimum absolute atomic E-state index is 0.0585. The van der Waals surface area contributed by atoms with Crippen molar-refractivity contribution in [2.24, 2.45) is 11.7 Å². The standard InChI is InChI=1S/C26H31N5O3/c1-17(13-24(28)32)16-29-26(34)30-23-14-22(6-3-18(23)2)25(33)31-11-9-21(10-12-31)20-7-4-19(15-27)5-8-20/h3-8,14,17,21H,9-13,16H2,1-2H3,(H2,28,32)(H2,29,30,34). The molecule has 1 atom stereocenters. The number of aryl methyl sites for hydroxylation is 1. The maximum atomic E-state index is 13.1. The average Bonchev–Trinajstić information content (AvgIpc) is 2.83. The van der Waals surface area contributed by atoms with Gasteiger partial charge in [0.15, 0.2) is 0 Å². The number of hydrogen-bond donors (Lipinski definition) is 3. The van der Waals surface area contributed by atoms with Crippen molar-refractivity contribution in [3.63, 3.8) is 0 Å². The van der Waals surface area contributed by atoms with Crippen LogP contribution in [0, 0.1) is 24.2 Å². The first-order valence-corrected chi connectivity index (χ1v) is 11.5. The molecule has 8 nitrogen and oxygen atoms in total. The van der Waals surface area contributed by atoms with E-state index in [1.54, 1.807) is 12.1 Å². The first-order chi connectivity index (χ1) is 16.3. The molecule has 0 aliphatic carbocycles. The normalized spacial score (nSPS) is 14.7. The molecule has 1 aliphatic rings. The number of primary amides is 1. The smallest absolute Gasteiger partial charge is 0.319 e. The van der Waals surface area contributed by atoms with Gasteiger partial charge < -0.3 is 21.3 Å². The van der Waals surface area contributed by atoms with Crippen LogP contribution in [0.4, 0.5) is 10.5 Å². The molecule has 1 heterocycles. The number of piperidine rings is 1. The molecule has 0 radical (unpaired) electrons. The molecular formula is C26H31N5O3. The number of nitriles is 1. The Bertz CT molecular complexity index is 1080. The molecule has 4 N–H and O–H groups in total. The van der Waals surface area contributed by atoms with Gasteiger partial charge in [-0.3, -0.25) is 9.59 Å². The predicted octanol–water partition coefficient (Wildman–Crippen LogP) is 3.52. The Balaban J connectivity index is 1.57. The topological polar surface area (TPSA) is 128 Å². The second-order valence-electron chi connectivity index (χ2n) is 8.94. The Morgan fingerprint density at radius 1 is 1.15 bits per heavy atom. The van der Waals surface area contributed by atoms with Gasteiger partial charge in [-0.15, -0.1) is 0 Å². The molecule has 0 aromatic heterocycles. The largest absolute Gasteiger partial charge is 0.370 e. The quantitative estimate of drug-likeness (QED) is 0.583. The van der Waals surface area contributed by atoms with Gasteiger partial charge in [0.25, 0.3) is 5.91 Å². The Kier molecular flexibility index (Phi) is 8.25. The number of hydrogen-bond acceptors (Lipinski definition) is 4. The highest BCUT2D eigenvalue weighted by Gasteiger charge is 2.25.